The van der Waals surface area contributed by atoms with Crippen molar-refractivity contribution >= 4 is 17.5 Å². The van der Waals surface area contributed by atoms with Crippen molar-refractivity contribution in [3.63, 3.8) is 0 Å². The fraction of sp³-hybridized carbons (Fsp3) is 0.400. The summed E-state index contributed by atoms with van der Waals surface area (Å²) in [5.41, 5.74) is 4.18. The van der Waals surface area contributed by atoms with Crippen molar-refractivity contribution in [2.75, 3.05) is 0 Å². The summed E-state index contributed by atoms with van der Waals surface area (Å²) in [5.74, 6) is -0.435. The molecule has 0 atom stereocenters. The Morgan fingerprint density at radius 2 is 2.19 bits per heavy atom. The average molecular weight is 220 g/mol. The molecule has 0 spiro atoms. The summed E-state index contributed by atoms with van der Waals surface area (Å²) in [6, 6.07) is 1.82. The monoisotopic (exact) mass is 220 g/mol. The van der Waals surface area contributed by atoms with Gasteiger partial charge in [0.25, 0.3) is 5.91 Å². The van der Waals surface area contributed by atoms with Crippen LogP contribution in [0.5, 0.6) is 0 Å². The molecule has 0 aliphatic carbocycles. The van der Waals surface area contributed by atoms with Crippen LogP contribution in [0.4, 0.5) is 0 Å². The highest BCUT2D eigenvalue weighted by Crippen LogP contribution is 2.06. The zero-order chi connectivity index (χ0) is 11.7. The van der Waals surface area contributed by atoms with E-state index in [1.54, 1.807) is 6.92 Å². The average Bonchev–Trinajstić information content (AvgIpc) is 2.58. The maximum atomic E-state index is 12.0. The Morgan fingerprint density at radius 1 is 1.44 bits per heavy atom. The van der Waals surface area contributed by atoms with E-state index in [1.165, 1.54) is 4.68 Å². The fourth-order valence-electron chi connectivity index (χ4n) is 1.59. The van der Waals surface area contributed by atoms with Gasteiger partial charge in [-0.15, -0.1) is 0 Å². The van der Waals surface area contributed by atoms with Gasteiger partial charge in [-0.05, 0) is 19.9 Å². The van der Waals surface area contributed by atoms with Crippen LogP contribution in [-0.2, 0) is 4.79 Å². The normalized spacial score (nSPS) is 15.6. The molecule has 1 aromatic rings. The molecule has 6 nitrogen and oxygen atoms in total. The molecule has 2 heterocycles. The number of aryl methyl sites for hydroxylation is 2. The highest BCUT2D eigenvalue weighted by atomic mass is 16.2. The lowest BCUT2D eigenvalue weighted by atomic mass is 10.1. The third kappa shape index (κ3) is 1.86. The fourth-order valence-corrected chi connectivity index (χ4v) is 1.59. The second kappa shape index (κ2) is 3.88. The van der Waals surface area contributed by atoms with E-state index in [2.05, 4.69) is 15.6 Å². The predicted octanol–water partition coefficient (Wildman–Crippen LogP) is 0.406. The summed E-state index contributed by atoms with van der Waals surface area (Å²) in [6.07, 6.45) is 0.660. The second-order valence-corrected chi connectivity index (χ2v) is 3.74. The Morgan fingerprint density at radius 3 is 2.69 bits per heavy atom. The molecule has 1 N–H and O–H groups in total. The zero-order valence-electron chi connectivity index (χ0n) is 9.15. The Hall–Kier alpha value is -1.98. The lowest BCUT2D eigenvalue weighted by molar-refractivity contribution is -0.121. The quantitative estimate of drug-likeness (QED) is 0.744. The van der Waals surface area contributed by atoms with E-state index >= 15 is 0 Å². The zero-order valence-corrected chi connectivity index (χ0v) is 9.15. The summed E-state index contributed by atoms with van der Waals surface area (Å²) in [6.45, 7) is 3.63. The minimum absolute atomic E-state index is 0.162. The van der Waals surface area contributed by atoms with Crippen LogP contribution < -0.4 is 5.43 Å². The molecule has 0 saturated heterocycles. The van der Waals surface area contributed by atoms with Crippen molar-refractivity contribution in [3.8, 4) is 0 Å². The highest BCUT2D eigenvalue weighted by molar-refractivity contribution is 6.40. The number of hydrogen-bond acceptors (Lipinski definition) is 4. The molecular weight excluding hydrogens is 208 g/mol. The van der Waals surface area contributed by atoms with Gasteiger partial charge in [-0.1, -0.05) is 0 Å². The Bertz CT molecular complexity index is 487. The van der Waals surface area contributed by atoms with Gasteiger partial charge >= 0.3 is 0 Å². The first-order valence-corrected chi connectivity index (χ1v) is 5.01. The Balaban J connectivity index is 2.26. The van der Waals surface area contributed by atoms with Crippen LogP contribution in [0.2, 0.25) is 0 Å². The molecule has 0 saturated carbocycles. The van der Waals surface area contributed by atoms with Crippen molar-refractivity contribution in [1.82, 2.24) is 15.2 Å². The first-order valence-electron chi connectivity index (χ1n) is 5.01. The van der Waals surface area contributed by atoms with E-state index in [9.17, 15) is 9.59 Å². The minimum Gasteiger partial charge on any atom is -0.273 e. The predicted molar refractivity (Wildman–Crippen MR) is 57.1 cm³/mol. The van der Waals surface area contributed by atoms with Gasteiger partial charge in [0.05, 0.1) is 5.69 Å². The number of hydrazone groups is 1. The summed E-state index contributed by atoms with van der Waals surface area (Å²) in [7, 11) is 0. The summed E-state index contributed by atoms with van der Waals surface area (Å²) in [5, 5.41) is 7.82. The molecule has 0 unspecified atom stereocenters. The number of carbonyl (C=O) groups excluding carboxylic acids is 2. The van der Waals surface area contributed by atoms with Gasteiger partial charge in [0.1, 0.15) is 5.71 Å². The van der Waals surface area contributed by atoms with Crippen molar-refractivity contribution < 1.29 is 9.59 Å². The van der Waals surface area contributed by atoms with E-state index in [0.29, 0.717) is 18.6 Å². The number of nitrogens with zero attached hydrogens (tertiary/aromatic N) is 3. The van der Waals surface area contributed by atoms with E-state index in [1.807, 2.05) is 13.0 Å². The van der Waals surface area contributed by atoms with Crippen LogP contribution in [-0.4, -0.2) is 27.3 Å². The van der Waals surface area contributed by atoms with Crippen molar-refractivity contribution in [2.45, 2.75) is 26.7 Å². The number of rotatable bonds is 1. The van der Waals surface area contributed by atoms with E-state index < -0.39 is 0 Å². The third-order valence-electron chi connectivity index (χ3n) is 2.35. The lowest BCUT2D eigenvalue weighted by Gasteiger charge is -2.11. The van der Waals surface area contributed by atoms with Crippen LogP contribution in [0.1, 0.15) is 29.0 Å². The Labute approximate surface area is 92.3 Å². The maximum Gasteiger partial charge on any atom is 0.294 e. The van der Waals surface area contributed by atoms with Crippen molar-refractivity contribution in [3.05, 3.63) is 17.5 Å². The smallest absolute Gasteiger partial charge is 0.273 e. The van der Waals surface area contributed by atoms with E-state index in [4.69, 9.17) is 0 Å². The Kier molecular flexibility index (Phi) is 2.55. The minimum atomic E-state index is -0.273. The van der Waals surface area contributed by atoms with E-state index in [-0.39, 0.29) is 11.8 Å². The topological polar surface area (TPSA) is 76.3 Å². The number of amides is 1. The van der Waals surface area contributed by atoms with Gasteiger partial charge in [0.2, 0.25) is 5.91 Å². The standard InChI is InChI=1S/C10H12N4O2/c1-6-5-7(2)14(13-6)10(16)8-3-4-9(15)12-11-8/h5H,3-4H2,1-2H3,(H,12,15). The highest BCUT2D eigenvalue weighted by Gasteiger charge is 2.21. The number of nitrogens with one attached hydrogen (secondary N) is 1. The van der Waals surface area contributed by atoms with Gasteiger partial charge in [-0.2, -0.15) is 14.9 Å². The molecule has 0 radical (unpaired) electrons. The van der Waals surface area contributed by atoms with Crippen molar-refractivity contribution in [2.24, 2.45) is 5.10 Å². The van der Waals surface area contributed by atoms with Crippen molar-refractivity contribution in [1.29, 1.82) is 0 Å². The first-order chi connectivity index (χ1) is 7.58. The molecular formula is C10H12N4O2. The van der Waals surface area contributed by atoms with Crippen LogP contribution in [0, 0.1) is 13.8 Å². The molecule has 1 aliphatic heterocycles. The maximum absolute atomic E-state index is 12.0. The van der Waals surface area contributed by atoms with Crippen LogP contribution in [0.3, 0.4) is 0 Å². The van der Waals surface area contributed by atoms with Gasteiger partial charge in [-0.3, -0.25) is 9.59 Å². The molecule has 16 heavy (non-hydrogen) atoms. The van der Waals surface area contributed by atoms with Gasteiger partial charge in [-0.25, -0.2) is 5.43 Å². The summed E-state index contributed by atoms with van der Waals surface area (Å²) < 4.78 is 1.31. The van der Waals surface area contributed by atoms with Gasteiger partial charge in [0.15, 0.2) is 0 Å². The molecule has 0 bridgehead atoms. The summed E-state index contributed by atoms with van der Waals surface area (Å²) in [4.78, 5) is 22.8. The van der Waals surface area contributed by atoms with Crippen LogP contribution >= 0.6 is 0 Å². The van der Waals surface area contributed by atoms with Gasteiger partial charge in [0, 0.05) is 18.5 Å². The lowest BCUT2D eigenvalue weighted by Crippen LogP contribution is -2.33. The molecule has 1 aliphatic rings. The van der Waals surface area contributed by atoms with Crippen LogP contribution in [0.25, 0.3) is 0 Å². The number of carbonyl (C=O) groups is 2. The molecule has 1 amide bonds. The van der Waals surface area contributed by atoms with Crippen LogP contribution in [0.15, 0.2) is 11.2 Å². The molecule has 0 fully saturated rings. The SMILES string of the molecule is Cc1cc(C)n(C(=O)C2=NNC(=O)CC2)n1. The third-order valence-corrected chi connectivity index (χ3v) is 2.35. The molecule has 0 aromatic carbocycles. The van der Waals surface area contributed by atoms with Gasteiger partial charge < -0.3 is 0 Å². The molecule has 84 valence electrons. The second-order valence-electron chi connectivity index (χ2n) is 3.74. The number of hydrogen-bond donors (Lipinski definition) is 1. The first kappa shape index (κ1) is 10.5. The molecule has 6 heteroatoms. The summed E-state index contributed by atoms with van der Waals surface area (Å²) >= 11 is 0. The number of aromatic nitrogens is 2. The molecule has 1 aromatic heterocycles. The molecule has 2 rings (SSSR count). The van der Waals surface area contributed by atoms with E-state index in [0.717, 1.165) is 11.4 Å². The largest absolute Gasteiger partial charge is 0.294 e.